The molecule has 1 saturated carbocycles. The van der Waals surface area contributed by atoms with Crippen molar-refractivity contribution in [2.24, 2.45) is 0 Å². The van der Waals surface area contributed by atoms with Crippen LogP contribution < -0.4 is 37.7 Å². The zero-order valence-electron chi connectivity index (χ0n) is 13.1. The summed E-state index contributed by atoms with van der Waals surface area (Å²) >= 11 is 0. The zero-order valence-corrected chi connectivity index (χ0v) is 13.1. The predicted octanol–water partition coefficient (Wildman–Crippen LogP) is -0.592. The Morgan fingerprint density at radius 3 is 1.50 bits per heavy atom. The molecule has 2 heteroatoms. The molecule has 0 nitrogen and oxygen atoms in total. The van der Waals surface area contributed by atoms with Gasteiger partial charge in [0.05, 0.1) is 0 Å². The predicted molar refractivity (Wildman–Crippen MR) is 71.0 cm³/mol. The minimum Gasteiger partial charge on any atom is -0.373 e. The summed E-state index contributed by atoms with van der Waals surface area (Å²) in [6.45, 7) is 4.49. The topological polar surface area (TPSA) is 0 Å². The van der Waals surface area contributed by atoms with Crippen LogP contribution >= 0.6 is 0 Å². The minimum absolute atomic E-state index is 0. The van der Waals surface area contributed by atoms with Gasteiger partial charge in [0.15, 0.2) is 0 Å². The van der Waals surface area contributed by atoms with Crippen molar-refractivity contribution in [2.45, 2.75) is 78.1 Å². The molecule has 18 heavy (non-hydrogen) atoms. The van der Waals surface area contributed by atoms with Gasteiger partial charge in [0.1, 0.15) is 0 Å². The van der Waals surface area contributed by atoms with Crippen molar-refractivity contribution in [3.8, 4) is 0 Å². The van der Waals surface area contributed by atoms with Crippen molar-refractivity contribution < 1.29 is 37.7 Å². The van der Waals surface area contributed by atoms with Gasteiger partial charge in [0.25, 0.3) is 0 Å². The molecule has 0 spiro atoms. The number of rotatable bonds is 6. The molecule has 0 aromatic heterocycles. The van der Waals surface area contributed by atoms with Gasteiger partial charge in [-0.05, 0) is 0 Å². The first-order valence-corrected chi connectivity index (χ1v) is 7.08. The van der Waals surface area contributed by atoms with Crippen LogP contribution in [0.2, 0.25) is 0 Å². The third kappa shape index (κ3) is 8.72. The zero-order chi connectivity index (χ0) is 11.6. The van der Waals surface area contributed by atoms with E-state index >= 15 is 0 Å². The molecule has 1 aliphatic rings. The second kappa shape index (κ2) is 14.1. The van der Waals surface area contributed by atoms with Crippen LogP contribution in [-0.4, -0.2) is 0 Å². The van der Waals surface area contributed by atoms with E-state index in [-0.39, 0.29) is 37.7 Å². The normalized spacial score (nSPS) is 19.4. The molecule has 0 heterocycles. The van der Waals surface area contributed by atoms with Gasteiger partial charge in [0, 0.05) is 0 Å². The van der Waals surface area contributed by atoms with E-state index in [9.17, 15) is 0 Å². The van der Waals surface area contributed by atoms with Crippen LogP contribution in [0.15, 0.2) is 11.1 Å². The molecule has 1 fully saturated rings. The van der Waals surface area contributed by atoms with Gasteiger partial charge in [-0.2, -0.15) is 0 Å². The Kier molecular flexibility index (Phi) is 16.4. The summed E-state index contributed by atoms with van der Waals surface area (Å²) in [6, 6.07) is 0. The quantitative estimate of drug-likeness (QED) is 0.326. The minimum atomic E-state index is 0. The van der Waals surface area contributed by atoms with Gasteiger partial charge in [-0.3, -0.25) is 0 Å². The van der Waals surface area contributed by atoms with Crippen LogP contribution in [0, 0.1) is 12.2 Å². The van der Waals surface area contributed by atoms with Crippen LogP contribution in [0.3, 0.4) is 0 Å². The van der Waals surface area contributed by atoms with Gasteiger partial charge >= 0.3 is 37.7 Å². The summed E-state index contributed by atoms with van der Waals surface area (Å²) in [6.07, 6.45) is 19.8. The fourth-order valence-corrected chi connectivity index (χ4v) is 2.13. The fraction of sp³-hybridized carbons (Fsp3) is 0.750. The summed E-state index contributed by atoms with van der Waals surface area (Å²) < 4.78 is 0. The Bertz CT molecular complexity index is 215. The summed E-state index contributed by atoms with van der Waals surface area (Å²) in [5, 5.41) is 0. The van der Waals surface area contributed by atoms with Crippen molar-refractivity contribution in [1.29, 1.82) is 0 Å². The molecule has 0 amide bonds. The third-order valence-corrected chi connectivity index (χ3v) is 3.21. The van der Waals surface area contributed by atoms with Crippen LogP contribution in [-0.2, 0) is 0 Å². The summed E-state index contributed by atoms with van der Waals surface area (Å²) in [7, 11) is 0. The molecule has 0 atom stereocenters. The van der Waals surface area contributed by atoms with Gasteiger partial charge in [-0.15, -0.1) is 25.7 Å². The molecule has 0 N–H and O–H groups in total. The van der Waals surface area contributed by atoms with Crippen molar-refractivity contribution in [3.05, 3.63) is 23.3 Å². The Labute approximate surface area is 138 Å². The van der Waals surface area contributed by atoms with E-state index in [2.05, 4.69) is 26.0 Å². The number of hydrogen-bond donors (Lipinski definition) is 0. The molecule has 0 bridgehead atoms. The molecular formula is C16H26Li2. The van der Waals surface area contributed by atoms with Crippen LogP contribution in [0.1, 0.15) is 78.1 Å². The largest absolute Gasteiger partial charge is 1.00 e. The van der Waals surface area contributed by atoms with Gasteiger partial charge in [-0.25, -0.2) is 0 Å². The first kappa shape index (κ1) is 21.0. The second-order valence-corrected chi connectivity index (χ2v) is 4.72. The summed E-state index contributed by atoms with van der Waals surface area (Å²) in [4.78, 5) is 0. The number of hydrogen-bond acceptors (Lipinski definition) is 0. The van der Waals surface area contributed by atoms with E-state index in [4.69, 9.17) is 0 Å². The molecule has 0 radical (unpaired) electrons. The Morgan fingerprint density at radius 1 is 0.778 bits per heavy atom. The summed E-state index contributed by atoms with van der Waals surface area (Å²) in [5.41, 5.74) is 2.99. The van der Waals surface area contributed by atoms with E-state index in [1.807, 2.05) is 0 Å². The van der Waals surface area contributed by atoms with Gasteiger partial charge < -0.3 is 23.3 Å². The van der Waals surface area contributed by atoms with E-state index in [0.717, 1.165) is 12.8 Å². The molecular weight excluding hydrogens is 206 g/mol. The maximum atomic E-state index is 3.62. The molecule has 0 aromatic rings. The van der Waals surface area contributed by atoms with E-state index in [1.165, 1.54) is 62.5 Å². The van der Waals surface area contributed by atoms with Gasteiger partial charge in [-0.1, -0.05) is 52.4 Å². The van der Waals surface area contributed by atoms with E-state index in [1.54, 1.807) is 0 Å². The van der Waals surface area contributed by atoms with Crippen LogP contribution in [0.5, 0.6) is 0 Å². The van der Waals surface area contributed by atoms with Crippen molar-refractivity contribution in [3.63, 3.8) is 0 Å². The third-order valence-electron chi connectivity index (χ3n) is 3.21. The Hall–Kier alpha value is 0.675. The smallest absolute Gasteiger partial charge is 0.373 e. The van der Waals surface area contributed by atoms with Crippen molar-refractivity contribution in [2.75, 3.05) is 0 Å². The molecule has 0 unspecified atom stereocenters. The van der Waals surface area contributed by atoms with Crippen molar-refractivity contribution >= 4 is 0 Å². The maximum Gasteiger partial charge on any atom is 1.00 e. The molecule has 0 saturated heterocycles. The monoisotopic (exact) mass is 232 g/mol. The first-order valence-electron chi connectivity index (χ1n) is 7.08. The number of allylic oxidation sites excluding steroid dienone is 4. The average Bonchev–Trinajstić information content (AvgIpc) is 2.32. The SMILES string of the molecule is CCCC[C-]=C1CCCCC1=[C-]CCCC.[Li+].[Li+]. The second-order valence-electron chi connectivity index (χ2n) is 4.72. The maximum absolute atomic E-state index is 3.62. The number of unbranched alkanes of at least 4 members (excludes halogenated alkanes) is 4. The van der Waals surface area contributed by atoms with Gasteiger partial charge in [0.2, 0.25) is 0 Å². The van der Waals surface area contributed by atoms with E-state index in [0.29, 0.717) is 0 Å². The molecule has 1 rings (SSSR count). The van der Waals surface area contributed by atoms with E-state index < -0.39 is 0 Å². The Morgan fingerprint density at radius 2 is 1.17 bits per heavy atom. The van der Waals surface area contributed by atoms with Crippen molar-refractivity contribution in [1.82, 2.24) is 0 Å². The Balaban J connectivity index is 0. The standard InChI is InChI=1S/C16H26.2Li/c1-3-5-7-11-15-13-9-10-14-16(15)12-8-6-4-2;;/h3-10,13-14H2,1-2H3;;/q-2;2*+1. The fourth-order valence-electron chi connectivity index (χ4n) is 2.13. The molecule has 92 valence electrons. The molecule has 1 aliphatic carbocycles. The van der Waals surface area contributed by atoms with Crippen LogP contribution in [0.25, 0.3) is 0 Å². The molecule has 0 aliphatic heterocycles. The summed E-state index contributed by atoms with van der Waals surface area (Å²) in [5.74, 6) is 0. The average molecular weight is 232 g/mol. The van der Waals surface area contributed by atoms with Crippen LogP contribution in [0.4, 0.5) is 0 Å². The molecule has 0 aromatic carbocycles. The first-order chi connectivity index (χ1) is 7.88.